The van der Waals surface area contributed by atoms with Gasteiger partial charge in [0.25, 0.3) is 0 Å². The first kappa shape index (κ1) is 13.0. The van der Waals surface area contributed by atoms with Gasteiger partial charge in [0, 0.05) is 6.04 Å². The lowest BCUT2D eigenvalue weighted by atomic mass is 9.92. The van der Waals surface area contributed by atoms with Crippen LogP contribution >= 0.6 is 0 Å². The Morgan fingerprint density at radius 3 is 2.60 bits per heavy atom. The van der Waals surface area contributed by atoms with Gasteiger partial charge in [-0.3, -0.25) is 0 Å². The summed E-state index contributed by atoms with van der Waals surface area (Å²) < 4.78 is 22.5. The summed E-state index contributed by atoms with van der Waals surface area (Å²) in [5, 5.41) is 0. The van der Waals surface area contributed by atoms with E-state index in [1.165, 1.54) is 0 Å². The molecule has 0 aromatic rings. The minimum absolute atomic E-state index is 0.179. The topological polar surface area (TPSA) is 60.2 Å². The van der Waals surface area contributed by atoms with Gasteiger partial charge in [-0.1, -0.05) is 20.3 Å². The summed E-state index contributed by atoms with van der Waals surface area (Å²) in [5.74, 6) is 1.70. The van der Waals surface area contributed by atoms with E-state index < -0.39 is 9.84 Å². The molecule has 0 aromatic carbocycles. The monoisotopic (exact) mass is 233 g/mol. The summed E-state index contributed by atoms with van der Waals surface area (Å²) in [6, 6.07) is 0.179. The fraction of sp³-hybridized carbons (Fsp3) is 1.00. The fourth-order valence-electron chi connectivity index (χ4n) is 2.27. The van der Waals surface area contributed by atoms with Crippen molar-refractivity contribution in [3.63, 3.8) is 0 Å². The molecule has 0 radical (unpaired) electrons. The second-order valence-corrected chi connectivity index (χ2v) is 7.24. The van der Waals surface area contributed by atoms with Gasteiger partial charge in [-0.25, -0.2) is 8.42 Å². The molecule has 0 amide bonds. The Hall–Kier alpha value is -0.0900. The molecule has 15 heavy (non-hydrogen) atoms. The summed E-state index contributed by atoms with van der Waals surface area (Å²) >= 11 is 0. The van der Waals surface area contributed by atoms with Crippen LogP contribution in [0.5, 0.6) is 0 Å². The highest BCUT2D eigenvalue weighted by atomic mass is 32.2. The Morgan fingerprint density at radius 1 is 1.47 bits per heavy atom. The predicted molar refractivity (Wildman–Crippen MR) is 63.4 cm³/mol. The molecule has 0 aromatic heterocycles. The molecule has 1 heterocycles. The summed E-state index contributed by atoms with van der Waals surface area (Å²) in [7, 11) is -2.73. The first-order chi connectivity index (χ1) is 6.93. The minimum atomic E-state index is -2.73. The molecule has 2 N–H and O–H groups in total. The van der Waals surface area contributed by atoms with E-state index in [-0.39, 0.29) is 6.04 Å². The molecule has 4 heteroatoms. The van der Waals surface area contributed by atoms with Crippen molar-refractivity contribution in [2.75, 3.05) is 11.5 Å². The van der Waals surface area contributed by atoms with Gasteiger partial charge in [0.1, 0.15) is 0 Å². The van der Waals surface area contributed by atoms with E-state index in [9.17, 15) is 8.42 Å². The lowest BCUT2D eigenvalue weighted by molar-refractivity contribution is 0.390. The van der Waals surface area contributed by atoms with Crippen LogP contribution in [0.4, 0.5) is 0 Å². The van der Waals surface area contributed by atoms with Crippen LogP contribution in [0.15, 0.2) is 0 Å². The largest absolute Gasteiger partial charge is 0.328 e. The van der Waals surface area contributed by atoms with Crippen molar-refractivity contribution in [2.24, 2.45) is 17.6 Å². The normalized spacial score (nSPS) is 28.9. The SMILES string of the molecule is CCC(C)CC(N)CC1CCS(=O)(=O)C1. The highest BCUT2D eigenvalue weighted by Gasteiger charge is 2.29. The number of nitrogens with two attached hydrogens (primary N) is 1. The van der Waals surface area contributed by atoms with E-state index in [0.717, 1.165) is 25.7 Å². The van der Waals surface area contributed by atoms with Crippen LogP contribution in [0.1, 0.15) is 39.5 Å². The van der Waals surface area contributed by atoms with E-state index in [1.807, 2.05) is 0 Å². The fourth-order valence-corrected chi connectivity index (χ4v) is 4.15. The highest BCUT2D eigenvalue weighted by Crippen LogP contribution is 2.24. The quantitative estimate of drug-likeness (QED) is 0.784. The second-order valence-electron chi connectivity index (χ2n) is 5.01. The highest BCUT2D eigenvalue weighted by molar-refractivity contribution is 7.91. The zero-order chi connectivity index (χ0) is 11.5. The third-order valence-electron chi connectivity index (χ3n) is 3.36. The van der Waals surface area contributed by atoms with Crippen molar-refractivity contribution >= 4 is 9.84 Å². The van der Waals surface area contributed by atoms with Gasteiger partial charge in [-0.2, -0.15) is 0 Å². The van der Waals surface area contributed by atoms with E-state index >= 15 is 0 Å². The van der Waals surface area contributed by atoms with Gasteiger partial charge in [0.05, 0.1) is 11.5 Å². The van der Waals surface area contributed by atoms with E-state index in [0.29, 0.717) is 23.3 Å². The van der Waals surface area contributed by atoms with Gasteiger partial charge in [0.15, 0.2) is 9.84 Å². The zero-order valence-corrected chi connectivity index (χ0v) is 10.6. The van der Waals surface area contributed by atoms with E-state index in [2.05, 4.69) is 13.8 Å². The molecule has 90 valence electrons. The van der Waals surface area contributed by atoms with Crippen molar-refractivity contribution in [1.82, 2.24) is 0 Å². The first-order valence-electron chi connectivity index (χ1n) is 5.89. The van der Waals surface area contributed by atoms with Crippen molar-refractivity contribution in [2.45, 2.75) is 45.6 Å². The summed E-state index contributed by atoms with van der Waals surface area (Å²) in [5.41, 5.74) is 6.02. The molecule has 3 atom stereocenters. The Bertz CT molecular complexity index is 287. The number of sulfone groups is 1. The van der Waals surface area contributed by atoms with Crippen molar-refractivity contribution in [3.8, 4) is 0 Å². The molecule has 1 aliphatic rings. The summed E-state index contributed by atoms with van der Waals surface area (Å²) in [4.78, 5) is 0. The second kappa shape index (κ2) is 5.30. The molecule has 1 fully saturated rings. The van der Waals surface area contributed by atoms with Gasteiger partial charge in [-0.05, 0) is 31.1 Å². The third-order valence-corrected chi connectivity index (χ3v) is 5.20. The van der Waals surface area contributed by atoms with Crippen LogP contribution in [-0.2, 0) is 9.84 Å². The van der Waals surface area contributed by atoms with Crippen molar-refractivity contribution in [3.05, 3.63) is 0 Å². The first-order valence-corrected chi connectivity index (χ1v) is 7.71. The molecular formula is C11H23NO2S. The maximum Gasteiger partial charge on any atom is 0.150 e. The number of rotatable bonds is 5. The molecule has 1 rings (SSSR count). The zero-order valence-electron chi connectivity index (χ0n) is 9.78. The summed E-state index contributed by atoms with van der Waals surface area (Å²) in [6.07, 6.45) is 3.86. The Balaban J connectivity index is 2.30. The van der Waals surface area contributed by atoms with Gasteiger partial charge < -0.3 is 5.73 Å². The van der Waals surface area contributed by atoms with Crippen LogP contribution in [0.25, 0.3) is 0 Å². The maximum atomic E-state index is 11.3. The average Bonchev–Trinajstić information content (AvgIpc) is 2.44. The smallest absolute Gasteiger partial charge is 0.150 e. The number of hydrogen-bond donors (Lipinski definition) is 1. The maximum absolute atomic E-state index is 11.3. The standard InChI is InChI=1S/C11H23NO2S/c1-3-9(2)6-11(12)7-10-4-5-15(13,14)8-10/h9-11H,3-8,12H2,1-2H3. The van der Waals surface area contributed by atoms with Crippen LogP contribution in [0.2, 0.25) is 0 Å². The van der Waals surface area contributed by atoms with Gasteiger partial charge >= 0.3 is 0 Å². The van der Waals surface area contributed by atoms with E-state index in [1.54, 1.807) is 0 Å². The molecule has 1 saturated heterocycles. The molecule has 3 nitrogen and oxygen atoms in total. The molecule has 1 aliphatic heterocycles. The van der Waals surface area contributed by atoms with Gasteiger partial charge in [0.2, 0.25) is 0 Å². The van der Waals surface area contributed by atoms with Crippen LogP contribution in [0, 0.1) is 11.8 Å². The number of hydrogen-bond acceptors (Lipinski definition) is 3. The molecule has 0 saturated carbocycles. The molecule has 0 bridgehead atoms. The van der Waals surface area contributed by atoms with Crippen LogP contribution in [-0.4, -0.2) is 26.0 Å². The van der Waals surface area contributed by atoms with Crippen LogP contribution < -0.4 is 5.73 Å². The lowest BCUT2D eigenvalue weighted by Crippen LogP contribution is -2.26. The lowest BCUT2D eigenvalue weighted by Gasteiger charge is -2.18. The Kier molecular flexibility index (Phi) is 4.59. The third kappa shape index (κ3) is 4.51. The van der Waals surface area contributed by atoms with Crippen molar-refractivity contribution in [1.29, 1.82) is 0 Å². The Labute approximate surface area is 93.3 Å². The van der Waals surface area contributed by atoms with Gasteiger partial charge in [-0.15, -0.1) is 0 Å². The molecular weight excluding hydrogens is 210 g/mol. The van der Waals surface area contributed by atoms with E-state index in [4.69, 9.17) is 5.73 Å². The molecule has 0 aliphatic carbocycles. The molecule has 0 spiro atoms. The molecule has 3 unspecified atom stereocenters. The van der Waals surface area contributed by atoms with Crippen molar-refractivity contribution < 1.29 is 8.42 Å². The Morgan fingerprint density at radius 2 is 2.13 bits per heavy atom. The van der Waals surface area contributed by atoms with Crippen LogP contribution in [0.3, 0.4) is 0 Å². The predicted octanol–water partition coefficient (Wildman–Crippen LogP) is 1.57. The average molecular weight is 233 g/mol. The minimum Gasteiger partial charge on any atom is -0.328 e. The summed E-state index contributed by atoms with van der Waals surface area (Å²) in [6.45, 7) is 4.36.